The lowest BCUT2D eigenvalue weighted by Crippen LogP contribution is -2.55. The Morgan fingerprint density at radius 2 is 1.68 bits per heavy atom. The lowest BCUT2D eigenvalue weighted by atomic mass is 9.85. The highest BCUT2D eigenvalue weighted by Gasteiger charge is 2.38. The van der Waals surface area contributed by atoms with Crippen LogP contribution < -0.4 is 19.5 Å². The summed E-state index contributed by atoms with van der Waals surface area (Å²) in [6, 6.07) is 3.45. The first-order valence-corrected chi connectivity index (χ1v) is 9.51. The number of rotatable bonds is 10. The van der Waals surface area contributed by atoms with Gasteiger partial charge < -0.3 is 24.6 Å². The molecule has 0 heterocycles. The molecule has 1 aromatic carbocycles. The number of aliphatic carboxylic acids is 1. The van der Waals surface area contributed by atoms with Gasteiger partial charge in [-0.15, -0.1) is 0 Å². The molecule has 2 saturated carbocycles. The smallest absolute Gasteiger partial charge is 0.317 e. The van der Waals surface area contributed by atoms with Gasteiger partial charge in [-0.2, -0.15) is 0 Å². The number of methoxy groups -OCH3 is 3. The average molecular weight is 392 g/mol. The summed E-state index contributed by atoms with van der Waals surface area (Å²) in [5, 5.41) is 12.2. The van der Waals surface area contributed by atoms with Crippen molar-refractivity contribution in [2.45, 2.75) is 37.8 Å². The van der Waals surface area contributed by atoms with E-state index in [1.807, 2.05) is 4.90 Å². The van der Waals surface area contributed by atoms with Crippen molar-refractivity contribution in [2.75, 3.05) is 34.4 Å². The molecule has 0 spiro atoms. The number of nitrogens with one attached hydrogen (secondary N) is 1. The molecule has 1 amide bonds. The fraction of sp³-hybridized carbons (Fsp3) is 0.600. The molecule has 1 aromatic rings. The highest BCUT2D eigenvalue weighted by molar-refractivity contribution is 5.98. The van der Waals surface area contributed by atoms with Crippen molar-refractivity contribution in [1.82, 2.24) is 10.2 Å². The first-order chi connectivity index (χ1) is 13.4. The Morgan fingerprint density at radius 1 is 1.07 bits per heavy atom. The summed E-state index contributed by atoms with van der Waals surface area (Å²) >= 11 is 0. The molecule has 3 rings (SSSR count). The zero-order valence-corrected chi connectivity index (χ0v) is 16.6. The number of nitrogens with zero attached hydrogens (tertiary/aromatic N) is 1. The van der Waals surface area contributed by atoms with Crippen molar-refractivity contribution in [1.29, 1.82) is 0 Å². The van der Waals surface area contributed by atoms with E-state index in [2.05, 4.69) is 5.32 Å². The minimum atomic E-state index is -0.803. The van der Waals surface area contributed by atoms with Crippen LogP contribution in [0.4, 0.5) is 0 Å². The Balaban J connectivity index is 1.60. The summed E-state index contributed by atoms with van der Waals surface area (Å²) in [7, 11) is 4.54. The van der Waals surface area contributed by atoms with Gasteiger partial charge in [0.2, 0.25) is 0 Å². The monoisotopic (exact) mass is 392 g/mol. The van der Waals surface area contributed by atoms with Crippen LogP contribution in [0.15, 0.2) is 12.1 Å². The van der Waals surface area contributed by atoms with E-state index < -0.39 is 5.97 Å². The lowest BCUT2D eigenvalue weighted by Gasteiger charge is -2.42. The molecule has 0 aliphatic heterocycles. The highest BCUT2D eigenvalue weighted by Crippen LogP contribution is 2.36. The molecule has 2 fully saturated rings. The number of carboxylic acid groups (broad SMARTS) is 1. The van der Waals surface area contributed by atoms with Crippen molar-refractivity contribution in [2.24, 2.45) is 5.92 Å². The van der Waals surface area contributed by atoms with Crippen LogP contribution in [-0.4, -0.2) is 68.4 Å². The molecule has 0 aromatic heterocycles. The maximum absolute atomic E-state index is 12.7. The molecule has 8 nitrogen and oxygen atoms in total. The number of hydrogen-bond acceptors (Lipinski definition) is 6. The second-order valence-corrected chi connectivity index (χ2v) is 7.47. The van der Waals surface area contributed by atoms with Crippen molar-refractivity contribution in [3.63, 3.8) is 0 Å². The normalized spacial score (nSPS) is 21.0. The van der Waals surface area contributed by atoms with E-state index in [0.717, 1.165) is 19.4 Å². The van der Waals surface area contributed by atoms with Crippen molar-refractivity contribution in [3.8, 4) is 17.2 Å². The Bertz CT molecular complexity index is 728. The van der Waals surface area contributed by atoms with Gasteiger partial charge in [0.1, 0.15) is 5.75 Å². The van der Waals surface area contributed by atoms with Gasteiger partial charge in [-0.25, -0.2) is 0 Å². The van der Waals surface area contributed by atoms with E-state index in [-0.39, 0.29) is 24.5 Å². The quantitative estimate of drug-likeness (QED) is 0.626. The van der Waals surface area contributed by atoms with Crippen molar-refractivity contribution in [3.05, 3.63) is 17.7 Å². The second kappa shape index (κ2) is 8.68. The maximum atomic E-state index is 12.7. The van der Waals surface area contributed by atoms with Crippen molar-refractivity contribution >= 4 is 11.9 Å². The van der Waals surface area contributed by atoms with Gasteiger partial charge >= 0.3 is 5.97 Å². The van der Waals surface area contributed by atoms with Crippen LogP contribution in [0.2, 0.25) is 0 Å². The average Bonchev–Trinajstić information content (AvgIpc) is 3.45. The number of carbonyl (C=O) groups excluding carboxylic acids is 1. The molecule has 0 radical (unpaired) electrons. The second-order valence-electron chi connectivity index (χ2n) is 7.47. The summed E-state index contributed by atoms with van der Waals surface area (Å²) in [6.07, 6.45) is 3.87. The zero-order chi connectivity index (χ0) is 20.3. The van der Waals surface area contributed by atoms with Gasteiger partial charge in [0.25, 0.3) is 5.91 Å². The highest BCUT2D eigenvalue weighted by atomic mass is 16.5. The standard InChI is InChI=1S/C20H28N2O6/c1-26-16-9-18(28-3)17(27-2)8-15(16)20(25)21-13-6-14(7-13)22(11-19(23)24)10-12-4-5-12/h8-9,12-14H,4-7,10-11H2,1-3H3,(H,21,25)(H,23,24). The van der Waals surface area contributed by atoms with Crippen LogP contribution in [0.1, 0.15) is 36.0 Å². The Morgan fingerprint density at radius 3 is 2.21 bits per heavy atom. The van der Waals surface area contributed by atoms with E-state index in [1.165, 1.54) is 34.2 Å². The number of benzene rings is 1. The third kappa shape index (κ3) is 4.67. The molecule has 0 bridgehead atoms. The van der Waals surface area contributed by atoms with Crippen LogP contribution in [0, 0.1) is 5.92 Å². The van der Waals surface area contributed by atoms with E-state index >= 15 is 0 Å². The summed E-state index contributed by atoms with van der Waals surface area (Å²) in [5.41, 5.74) is 0.379. The van der Waals surface area contributed by atoms with Crippen molar-refractivity contribution < 1.29 is 28.9 Å². The van der Waals surface area contributed by atoms with E-state index in [0.29, 0.717) is 28.7 Å². The summed E-state index contributed by atoms with van der Waals surface area (Å²) in [4.78, 5) is 25.9. The van der Waals surface area contributed by atoms with Gasteiger partial charge in [-0.1, -0.05) is 0 Å². The summed E-state index contributed by atoms with van der Waals surface area (Å²) in [6.45, 7) is 0.895. The fourth-order valence-electron chi connectivity index (χ4n) is 3.62. The van der Waals surface area contributed by atoms with Crippen LogP contribution >= 0.6 is 0 Å². The van der Waals surface area contributed by atoms with Gasteiger partial charge in [0.15, 0.2) is 11.5 Å². The van der Waals surface area contributed by atoms with Gasteiger partial charge in [-0.3, -0.25) is 14.5 Å². The summed E-state index contributed by atoms with van der Waals surface area (Å²) in [5.74, 6) is 0.939. The van der Waals surface area contributed by atoms with Crippen LogP contribution in [0.5, 0.6) is 17.2 Å². The number of carboxylic acids is 1. The molecule has 8 heteroatoms. The molecule has 0 saturated heterocycles. The predicted octanol–water partition coefficient (Wildman–Crippen LogP) is 1.77. The van der Waals surface area contributed by atoms with Crippen LogP contribution in [0.25, 0.3) is 0 Å². The predicted molar refractivity (Wildman–Crippen MR) is 102 cm³/mol. The van der Waals surface area contributed by atoms with Gasteiger partial charge in [-0.05, 0) is 31.6 Å². The number of amides is 1. The third-order valence-corrected chi connectivity index (χ3v) is 5.44. The molecular formula is C20H28N2O6. The molecule has 2 N–H and O–H groups in total. The van der Waals surface area contributed by atoms with E-state index in [4.69, 9.17) is 19.3 Å². The molecule has 2 aliphatic rings. The number of ether oxygens (including phenoxy) is 3. The first-order valence-electron chi connectivity index (χ1n) is 9.51. The molecule has 154 valence electrons. The lowest BCUT2D eigenvalue weighted by molar-refractivity contribution is -0.139. The van der Waals surface area contributed by atoms with Gasteiger partial charge in [0, 0.05) is 30.8 Å². The molecule has 2 aliphatic carbocycles. The zero-order valence-electron chi connectivity index (χ0n) is 16.6. The third-order valence-electron chi connectivity index (χ3n) is 5.44. The molecular weight excluding hydrogens is 364 g/mol. The topological polar surface area (TPSA) is 97.3 Å². The Kier molecular flexibility index (Phi) is 6.28. The first kappa shape index (κ1) is 20.3. The summed E-state index contributed by atoms with van der Waals surface area (Å²) < 4.78 is 15.8. The van der Waals surface area contributed by atoms with E-state index in [9.17, 15) is 9.59 Å². The Hall–Kier alpha value is -2.48. The molecule has 0 atom stereocenters. The maximum Gasteiger partial charge on any atom is 0.317 e. The van der Waals surface area contributed by atoms with Crippen LogP contribution in [-0.2, 0) is 4.79 Å². The van der Waals surface area contributed by atoms with Crippen LogP contribution in [0.3, 0.4) is 0 Å². The SMILES string of the molecule is COc1cc(OC)c(C(=O)NC2CC(N(CC(=O)O)CC3CC3)C2)cc1OC. The Labute approximate surface area is 164 Å². The minimum Gasteiger partial charge on any atom is -0.496 e. The molecule has 0 unspecified atom stereocenters. The molecule has 28 heavy (non-hydrogen) atoms. The fourth-order valence-corrected chi connectivity index (χ4v) is 3.62. The largest absolute Gasteiger partial charge is 0.496 e. The van der Waals surface area contributed by atoms with E-state index in [1.54, 1.807) is 12.1 Å². The number of hydrogen-bond donors (Lipinski definition) is 2. The minimum absolute atomic E-state index is 0.0193. The van der Waals surface area contributed by atoms with Gasteiger partial charge in [0.05, 0.1) is 33.4 Å². The number of carbonyl (C=O) groups is 2.